The summed E-state index contributed by atoms with van der Waals surface area (Å²) in [4.78, 5) is 12.4. The van der Waals surface area contributed by atoms with Crippen LogP contribution in [0.3, 0.4) is 0 Å². The van der Waals surface area contributed by atoms with Crippen molar-refractivity contribution >= 4 is 11.6 Å². The van der Waals surface area contributed by atoms with Crippen LogP contribution < -0.4 is 5.32 Å². The van der Waals surface area contributed by atoms with Crippen molar-refractivity contribution in [1.29, 1.82) is 0 Å². The summed E-state index contributed by atoms with van der Waals surface area (Å²) >= 11 is 0. The summed E-state index contributed by atoms with van der Waals surface area (Å²) in [6.07, 6.45) is 2.66. The number of carbonyl (C=O) groups excluding carboxylic acids is 1. The summed E-state index contributed by atoms with van der Waals surface area (Å²) in [6, 6.07) is 15.7. The average molecular weight is 281 g/mol. The van der Waals surface area contributed by atoms with Crippen LogP contribution in [-0.2, 0) is 24.2 Å². The lowest BCUT2D eigenvalue weighted by Crippen LogP contribution is -2.28. The number of anilines is 1. The van der Waals surface area contributed by atoms with Crippen LogP contribution in [0.25, 0.3) is 0 Å². The lowest BCUT2D eigenvalue weighted by molar-refractivity contribution is -0.120. The third-order valence-corrected chi connectivity index (χ3v) is 4.09. The minimum atomic E-state index is -0.0134. The fraction of sp³-hybridized carbons (Fsp3) is 0.278. The fourth-order valence-electron chi connectivity index (χ4n) is 2.91. The van der Waals surface area contributed by atoms with E-state index in [9.17, 15) is 4.79 Å². The summed E-state index contributed by atoms with van der Waals surface area (Å²) in [5, 5.41) is 12.1. The number of aryl methyl sites for hydroxylation is 1. The molecule has 1 amide bonds. The standard InChI is InChI=1S/C18H19NO2/c20-12-13-4-3-7-17(10-13)19-18(21)16-9-8-14-5-1-2-6-15(14)11-16/h1-7,10,16,20H,8-9,11-12H2,(H,19,21). The highest BCUT2D eigenvalue weighted by Crippen LogP contribution is 2.26. The number of hydrogen-bond acceptors (Lipinski definition) is 2. The van der Waals surface area contributed by atoms with Gasteiger partial charge in [0.05, 0.1) is 6.61 Å². The van der Waals surface area contributed by atoms with E-state index < -0.39 is 0 Å². The predicted octanol–water partition coefficient (Wildman–Crippen LogP) is 2.92. The molecular weight excluding hydrogens is 262 g/mol. The molecule has 0 bridgehead atoms. The molecule has 0 fully saturated rings. The number of fused-ring (bicyclic) bond motifs is 1. The Morgan fingerprint density at radius 3 is 2.76 bits per heavy atom. The second kappa shape index (κ2) is 6.10. The predicted molar refractivity (Wildman–Crippen MR) is 83.0 cm³/mol. The van der Waals surface area contributed by atoms with Gasteiger partial charge in [-0.05, 0) is 48.1 Å². The number of amides is 1. The molecule has 2 aromatic rings. The van der Waals surface area contributed by atoms with E-state index >= 15 is 0 Å². The summed E-state index contributed by atoms with van der Waals surface area (Å²) in [7, 11) is 0. The molecule has 0 aromatic heterocycles. The number of hydrogen-bond donors (Lipinski definition) is 2. The molecular formula is C18H19NO2. The third kappa shape index (κ3) is 3.14. The highest BCUT2D eigenvalue weighted by molar-refractivity contribution is 5.93. The van der Waals surface area contributed by atoms with Crippen LogP contribution >= 0.6 is 0 Å². The molecule has 21 heavy (non-hydrogen) atoms. The third-order valence-electron chi connectivity index (χ3n) is 4.09. The van der Waals surface area contributed by atoms with Gasteiger partial charge in [-0.3, -0.25) is 4.79 Å². The van der Waals surface area contributed by atoms with Gasteiger partial charge < -0.3 is 10.4 Å². The van der Waals surface area contributed by atoms with Crippen LogP contribution in [0.15, 0.2) is 48.5 Å². The number of aliphatic hydroxyl groups is 1. The Morgan fingerprint density at radius 2 is 1.95 bits per heavy atom. The van der Waals surface area contributed by atoms with Crippen molar-refractivity contribution in [3.05, 3.63) is 65.2 Å². The summed E-state index contributed by atoms with van der Waals surface area (Å²) in [5.41, 5.74) is 4.21. The second-order valence-electron chi connectivity index (χ2n) is 5.56. The molecule has 0 spiro atoms. The Bertz CT molecular complexity index is 651. The molecule has 108 valence electrons. The molecule has 3 nitrogen and oxygen atoms in total. The highest BCUT2D eigenvalue weighted by Gasteiger charge is 2.24. The summed E-state index contributed by atoms with van der Waals surface area (Å²) in [6.45, 7) is -0.0134. The van der Waals surface area contributed by atoms with Crippen LogP contribution in [0.4, 0.5) is 5.69 Å². The monoisotopic (exact) mass is 281 g/mol. The Balaban J connectivity index is 1.69. The van der Waals surface area contributed by atoms with Crippen molar-refractivity contribution < 1.29 is 9.90 Å². The van der Waals surface area contributed by atoms with Crippen molar-refractivity contribution in [2.45, 2.75) is 25.9 Å². The first-order chi connectivity index (χ1) is 10.3. The van der Waals surface area contributed by atoms with Gasteiger partial charge in [0.1, 0.15) is 0 Å². The zero-order valence-corrected chi connectivity index (χ0v) is 11.9. The van der Waals surface area contributed by atoms with E-state index in [0.717, 1.165) is 30.5 Å². The molecule has 2 N–H and O–H groups in total. The molecule has 0 aliphatic heterocycles. The molecule has 0 heterocycles. The van der Waals surface area contributed by atoms with Crippen molar-refractivity contribution in [3.8, 4) is 0 Å². The number of benzene rings is 2. The average Bonchev–Trinajstić information content (AvgIpc) is 2.54. The minimum absolute atomic E-state index is 0.0134. The molecule has 1 unspecified atom stereocenters. The molecule has 0 radical (unpaired) electrons. The van der Waals surface area contributed by atoms with Crippen LogP contribution in [0.1, 0.15) is 23.1 Å². The maximum absolute atomic E-state index is 12.4. The van der Waals surface area contributed by atoms with Gasteiger partial charge in [0.2, 0.25) is 5.91 Å². The van der Waals surface area contributed by atoms with Crippen LogP contribution in [0.2, 0.25) is 0 Å². The summed E-state index contributed by atoms with van der Waals surface area (Å²) in [5.74, 6) is 0.0947. The van der Waals surface area contributed by atoms with E-state index in [1.165, 1.54) is 11.1 Å². The smallest absolute Gasteiger partial charge is 0.227 e. The number of nitrogens with one attached hydrogen (secondary N) is 1. The fourth-order valence-corrected chi connectivity index (χ4v) is 2.91. The van der Waals surface area contributed by atoms with Gasteiger partial charge in [-0.25, -0.2) is 0 Å². The minimum Gasteiger partial charge on any atom is -0.392 e. The Hall–Kier alpha value is -2.13. The van der Waals surface area contributed by atoms with E-state index in [1.807, 2.05) is 30.3 Å². The summed E-state index contributed by atoms with van der Waals surface area (Å²) < 4.78 is 0. The quantitative estimate of drug-likeness (QED) is 0.909. The first kappa shape index (κ1) is 13.8. The number of carbonyl (C=O) groups is 1. The first-order valence-corrected chi connectivity index (χ1v) is 7.33. The maximum atomic E-state index is 12.4. The largest absolute Gasteiger partial charge is 0.392 e. The zero-order chi connectivity index (χ0) is 14.7. The zero-order valence-electron chi connectivity index (χ0n) is 11.9. The molecule has 1 aliphatic rings. The topological polar surface area (TPSA) is 49.3 Å². The van der Waals surface area contributed by atoms with Gasteiger partial charge >= 0.3 is 0 Å². The molecule has 3 rings (SSSR count). The highest BCUT2D eigenvalue weighted by atomic mass is 16.3. The Kier molecular flexibility index (Phi) is 4.02. The van der Waals surface area contributed by atoms with Gasteiger partial charge in [-0.1, -0.05) is 36.4 Å². The first-order valence-electron chi connectivity index (χ1n) is 7.33. The normalized spacial score (nSPS) is 17.1. The van der Waals surface area contributed by atoms with E-state index in [1.54, 1.807) is 0 Å². The molecule has 0 saturated carbocycles. The van der Waals surface area contributed by atoms with Crippen molar-refractivity contribution in [2.75, 3.05) is 5.32 Å². The van der Waals surface area contributed by atoms with Crippen molar-refractivity contribution in [1.82, 2.24) is 0 Å². The second-order valence-corrected chi connectivity index (χ2v) is 5.56. The SMILES string of the molecule is O=C(Nc1cccc(CO)c1)C1CCc2ccccc2C1. The molecule has 2 aromatic carbocycles. The molecule has 3 heteroatoms. The van der Waals surface area contributed by atoms with Gasteiger partial charge in [0, 0.05) is 11.6 Å². The van der Waals surface area contributed by atoms with Crippen molar-refractivity contribution in [2.24, 2.45) is 5.92 Å². The molecule has 1 atom stereocenters. The Labute approximate surface area is 124 Å². The maximum Gasteiger partial charge on any atom is 0.227 e. The van der Waals surface area contributed by atoms with Crippen LogP contribution in [0, 0.1) is 5.92 Å². The Morgan fingerprint density at radius 1 is 1.14 bits per heavy atom. The lowest BCUT2D eigenvalue weighted by atomic mass is 9.83. The van der Waals surface area contributed by atoms with Gasteiger partial charge in [-0.2, -0.15) is 0 Å². The van der Waals surface area contributed by atoms with Crippen LogP contribution in [-0.4, -0.2) is 11.0 Å². The lowest BCUT2D eigenvalue weighted by Gasteiger charge is -2.23. The molecule has 1 aliphatic carbocycles. The van der Waals surface area contributed by atoms with E-state index in [0.29, 0.717) is 0 Å². The van der Waals surface area contributed by atoms with Gasteiger partial charge in [0.25, 0.3) is 0 Å². The van der Waals surface area contributed by atoms with Gasteiger partial charge in [0.15, 0.2) is 0 Å². The van der Waals surface area contributed by atoms with Crippen LogP contribution in [0.5, 0.6) is 0 Å². The van der Waals surface area contributed by atoms with Gasteiger partial charge in [-0.15, -0.1) is 0 Å². The number of rotatable bonds is 3. The number of aliphatic hydroxyl groups excluding tert-OH is 1. The van der Waals surface area contributed by atoms with E-state index in [2.05, 4.69) is 23.5 Å². The molecule has 0 saturated heterocycles. The van der Waals surface area contributed by atoms with Crippen molar-refractivity contribution in [3.63, 3.8) is 0 Å². The van der Waals surface area contributed by atoms with E-state index in [4.69, 9.17) is 5.11 Å². The van der Waals surface area contributed by atoms with E-state index in [-0.39, 0.29) is 18.4 Å².